The molecule has 0 fully saturated rings. The van der Waals surface area contributed by atoms with Crippen molar-refractivity contribution in [3.63, 3.8) is 0 Å². The monoisotopic (exact) mass is 380 g/mol. The summed E-state index contributed by atoms with van der Waals surface area (Å²) >= 11 is 0. The van der Waals surface area contributed by atoms with E-state index in [9.17, 15) is 24.0 Å². The summed E-state index contributed by atoms with van der Waals surface area (Å²) in [5, 5.41) is 0. The van der Waals surface area contributed by atoms with Gasteiger partial charge in [0.15, 0.2) is 0 Å². The second kappa shape index (κ2) is 16.5. The highest BCUT2D eigenvalue weighted by molar-refractivity contribution is 5.91. The van der Waals surface area contributed by atoms with Gasteiger partial charge < -0.3 is 0 Å². The molecule has 0 aliphatic rings. The lowest BCUT2D eigenvalue weighted by atomic mass is 10.0. The van der Waals surface area contributed by atoms with E-state index in [-0.39, 0.29) is 80.3 Å². The molecule has 0 spiro atoms. The summed E-state index contributed by atoms with van der Waals surface area (Å²) in [5.74, 6) is -0.0847. The zero-order valence-corrected chi connectivity index (χ0v) is 17.1. The average molecular weight is 381 g/mol. The lowest BCUT2D eigenvalue weighted by Crippen LogP contribution is -2.09. The van der Waals surface area contributed by atoms with Gasteiger partial charge in [0.25, 0.3) is 0 Å². The van der Waals surface area contributed by atoms with Crippen LogP contribution in [0.4, 0.5) is 0 Å². The van der Waals surface area contributed by atoms with Crippen LogP contribution in [0.5, 0.6) is 0 Å². The van der Waals surface area contributed by atoms with Crippen LogP contribution in [-0.4, -0.2) is 28.9 Å². The Kier molecular flexibility index (Phi) is 15.5. The molecule has 0 heterocycles. The molecule has 0 unspecified atom stereocenters. The summed E-state index contributed by atoms with van der Waals surface area (Å²) < 4.78 is 0. The standard InChI is InChI=1S/C22H36O5/c1-3-5-6-7-8-9-19(24)12-13-21(26)16-17-22(27)15-14-20(25)11-10-18(23)4-2/h3-17H2,1-2H3. The second-order valence-corrected chi connectivity index (χ2v) is 7.21. The molecule has 5 heteroatoms. The van der Waals surface area contributed by atoms with Crippen molar-refractivity contribution in [1.29, 1.82) is 0 Å². The van der Waals surface area contributed by atoms with Crippen molar-refractivity contribution in [2.75, 3.05) is 0 Å². The Labute approximate surface area is 163 Å². The number of carbonyl (C=O) groups excluding carboxylic acids is 5. The Morgan fingerprint density at radius 2 is 0.741 bits per heavy atom. The van der Waals surface area contributed by atoms with Crippen molar-refractivity contribution in [2.24, 2.45) is 0 Å². The van der Waals surface area contributed by atoms with Crippen LogP contribution in [0.2, 0.25) is 0 Å². The van der Waals surface area contributed by atoms with Crippen LogP contribution < -0.4 is 0 Å². The van der Waals surface area contributed by atoms with E-state index in [1.807, 2.05) is 0 Å². The van der Waals surface area contributed by atoms with E-state index >= 15 is 0 Å². The van der Waals surface area contributed by atoms with Gasteiger partial charge in [-0.15, -0.1) is 0 Å². The maximum absolute atomic E-state index is 11.8. The normalized spacial score (nSPS) is 10.6. The molecule has 5 nitrogen and oxygen atoms in total. The molecule has 0 rings (SSSR count). The van der Waals surface area contributed by atoms with E-state index in [1.165, 1.54) is 12.8 Å². The number of hydrogen-bond donors (Lipinski definition) is 0. The van der Waals surface area contributed by atoms with E-state index < -0.39 is 0 Å². The SMILES string of the molecule is CCCCCCCC(=O)CCC(=O)CCC(=O)CCC(=O)CCC(=O)CC. The summed E-state index contributed by atoms with van der Waals surface area (Å²) in [6.07, 6.45) is 7.90. The van der Waals surface area contributed by atoms with Gasteiger partial charge >= 0.3 is 0 Å². The van der Waals surface area contributed by atoms with Crippen molar-refractivity contribution in [3.05, 3.63) is 0 Å². The quantitative estimate of drug-likeness (QED) is 0.303. The molecule has 0 aliphatic carbocycles. The molecular weight excluding hydrogens is 344 g/mol. The molecule has 0 N–H and O–H groups in total. The lowest BCUT2D eigenvalue weighted by Gasteiger charge is -2.03. The number of rotatable bonds is 19. The fourth-order valence-electron chi connectivity index (χ4n) is 2.72. The molecule has 0 aromatic carbocycles. The Hall–Kier alpha value is -1.65. The molecule has 0 aliphatic heterocycles. The minimum absolute atomic E-state index is 0.0516. The number of carbonyl (C=O) groups is 5. The van der Waals surface area contributed by atoms with Gasteiger partial charge in [-0.25, -0.2) is 0 Å². The van der Waals surface area contributed by atoms with Crippen molar-refractivity contribution in [3.8, 4) is 0 Å². The predicted molar refractivity (Wildman–Crippen MR) is 106 cm³/mol. The van der Waals surface area contributed by atoms with Crippen LogP contribution in [0.1, 0.15) is 110 Å². The fraction of sp³-hybridized carbons (Fsp3) is 0.773. The van der Waals surface area contributed by atoms with E-state index in [1.54, 1.807) is 6.92 Å². The third-order valence-corrected chi connectivity index (χ3v) is 4.68. The van der Waals surface area contributed by atoms with Gasteiger partial charge in [-0.3, -0.25) is 24.0 Å². The van der Waals surface area contributed by atoms with Gasteiger partial charge in [0.1, 0.15) is 28.9 Å². The zero-order chi connectivity index (χ0) is 20.5. The highest BCUT2D eigenvalue weighted by Crippen LogP contribution is 2.09. The maximum Gasteiger partial charge on any atom is 0.133 e. The van der Waals surface area contributed by atoms with Gasteiger partial charge in [0.05, 0.1) is 0 Å². The highest BCUT2D eigenvalue weighted by atomic mass is 16.1. The van der Waals surface area contributed by atoms with E-state index in [2.05, 4.69) is 6.92 Å². The first-order chi connectivity index (χ1) is 12.9. The second-order valence-electron chi connectivity index (χ2n) is 7.21. The number of ketones is 5. The van der Waals surface area contributed by atoms with Gasteiger partial charge in [0, 0.05) is 64.2 Å². The van der Waals surface area contributed by atoms with Crippen molar-refractivity contribution < 1.29 is 24.0 Å². The Morgan fingerprint density at radius 1 is 0.407 bits per heavy atom. The summed E-state index contributed by atoms with van der Waals surface area (Å²) in [7, 11) is 0. The van der Waals surface area contributed by atoms with Crippen LogP contribution in [0.25, 0.3) is 0 Å². The van der Waals surface area contributed by atoms with Crippen LogP contribution >= 0.6 is 0 Å². The van der Waals surface area contributed by atoms with E-state index in [0.29, 0.717) is 12.8 Å². The van der Waals surface area contributed by atoms with Gasteiger partial charge in [-0.1, -0.05) is 39.5 Å². The molecule has 0 aromatic rings. The Bertz CT molecular complexity index is 493. The maximum atomic E-state index is 11.8. The van der Waals surface area contributed by atoms with E-state index in [4.69, 9.17) is 0 Å². The molecule has 27 heavy (non-hydrogen) atoms. The predicted octanol–water partition coefficient (Wildman–Crippen LogP) is 4.72. The largest absolute Gasteiger partial charge is 0.300 e. The molecule has 0 aromatic heterocycles. The molecule has 0 atom stereocenters. The number of Topliss-reactive ketones (excluding diaryl/α,β-unsaturated/α-hetero) is 5. The zero-order valence-electron chi connectivity index (χ0n) is 17.1. The van der Waals surface area contributed by atoms with Crippen LogP contribution in [0.15, 0.2) is 0 Å². The topological polar surface area (TPSA) is 85.3 Å². The third kappa shape index (κ3) is 16.3. The van der Waals surface area contributed by atoms with Crippen LogP contribution in [0.3, 0.4) is 0 Å². The van der Waals surface area contributed by atoms with Crippen LogP contribution in [-0.2, 0) is 24.0 Å². The molecule has 0 amide bonds. The van der Waals surface area contributed by atoms with Gasteiger partial charge in [0.2, 0.25) is 0 Å². The molecule has 0 bridgehead atoms. The minimum atomic E-state index is -0.110. The molecule has 0 saturated carbocycles. The van der Waals surface area contributed by atoms with Gasteiger partial charge in [-0.2, -0.15) is 0 Å². The minimum Gasteiger partial charge on any atom is -0.300 e. The van der Waals surface area contributed by atoms with E-state index in [0.717, 1.165) is 19.3 Å². The molecule has 154 valence electrons. The van der Waals surface area contributed by atoms with Crippen molar-refractivity contribution in [2.45, 2.75) is 110 Å². The third-order valence-electron chi connectivity index (χ3n) is 4.68. The molecule has 0 saturated heterocycles. The van der Waals surface area contributed by atoms with Crippen LogP contribution in [0, 0.1) is 0 Å². The Balaban J connectivity index is 3.73. The first kappa shape index (κ1) is 25.4. The fourth-order valence-corrected chi connectivity index (χ4v) is 2.72. The first-order valence-electron chi connectivity index (χ1n) is 10.5. The number of unbranched alkanes of at least 4 members (excludes halogenated alkanes) is 4. The summed E-state index contributed by atoms with van der Waals surface area (Å²) in [4.78, 5) is 58.1. The highest BCUT2D eigenvalue weighted by Gasteiger charge is 2.12. The summed E-state index contributed by atoms with van der Waals surface area (Å²) in [6.45, 7) is 3.91. The van der Waals surface area contributed by atoms with Crippen molar-refractivity contribution >= 4 is 28.9 Å². The smallest absolute Gasteiger partial charge is 0.133 e. The lowest BCUT2D eigenvalue weighted by molar-refractivity contribution is -0.127. The summed E-state index contributed by atoms with van der Waals surface area (Å²) in [5.41, 5.74) is 0. The molecular formula is C22H36O5. The molecule has 0 radical (unpaired) electrons. The first-order valence-corrected chi connectivity index (χ1v) is 10.5. The summed E-state index contributed by atoms with van der Waals surface area (Å²) in [6, 6.07) is 0. The number of hydrogen-bond acceptors (Lipinski definition) is 5. The van der Waals surface area contributed by atoms with Gasteiger partial charge in [-0.05, 0) is 6.42 Å². The van der Waals surface area contributed by atoms with Crippen molar-refractivity contribution in [1.82, 2.24) is 0 Å². The Morgan fingerprint density at radius 3 is 1.11 bits per heavy atom. The average Bonchev–Trinajstić information content (AvgIpc) is 2.66.